The first-order valence-corrected chi connectivity index (χ1v) is 7.01. The quantitative estimate of drug-likeness (QED) is 0.664. The molecular formula is C15H26O. The van der Waals surface area contributed by atoms with Crippen LogP contribution < -0.4 is 0 Å². The molecule has 0 unspecified atom stereocenters. The Morgan fingerprint density at radius 1 is 1.00 bits per heavy atom. The molecule has 3 aliphatic carbocycles. The lowest BCUT2D eigenvalue weighted by Crippen LogP contribution is -2.51. The van der Waals surface area contributed by atoms with Gasteiger partial charge in [-0.15, -0.1) is 0 Å². The second-order valence-corrected chi connectivity index (χ2v) is 7.83. The van der Waals surface area contributed by atoms with Crippen molar-refractivity contribution in [2.75, 3.05) is 0 Å². The van der Waals surface area contributed by atoms with Crippen molar-refractivity contribution in [1.29, 1.82) is 0 Å². The maximum Gasteiger partial charge on any atom is 0.0656 e. The number of aliphatic hydroxyl groups is 1. The van der Waals surface area contributed by atoms with Gasteiger partial charge in [-0.25, -0.2) is 0 Å². The van der Waals surface area contributed by atoms with Crippen LogP contribution in [0.2, 0.25) is 0 Å². The molecule has 1 N–H and O–H groups in total. The predicted octanol–water partition coefficient (Wildman–Crippen LogP) is 3.61. The van der Waals surface area contributed by atoms with Gasteiger partial charge >= 0.3 is 0 Å². The Bertz CT molecular complexity index is 317. The van der Waals surface area contributed by atoms with Crippen LogP contribution in [0.25, 0.3) is 0 Å². The minimum atomic E-state index is -0.399. The van der Waals surface area contributed by atoms with Gasteiger partial charge in [0.05, 0.1) is 5.60 Å². The summed E-state index contributed by atoms with van der Waals surface area (Å²) in [5, 5.41) is 10.8. The molecule has 3 rings (SSSR count). The second kappa shape index (κ2) is 2.85. The summed E-state index contributed by atoms with van der Waals surface area (Å²) in [5.41, 5.74) is 0.532. The maximum absolute atomic E-state index is 10.8. The van der Waals surface area contributed by atoms with E-state index in [2.05, 4.69) is 27.7 Å². The topological polar surface area (TPSA) is 20.2 Å². The summed E-state index contributed by atoms with van der Waals surface area (Å²) < 4.78 is 0. The molecule has 0 saturated heterocycles. The minimum absolute atomic E-state index is 0.399. The highest BCUT2D eigenvalue weighted by Crippen LogP contribution is 2.74. The molecule has 0 aromatic rings. The summed E-state index contributed by atoms with van der Waals surface area (Å²) in [5.74, 6) is 2.25. The normalized spacial score (nSPS) is 58.7. The molecule has 3 aliphatic rings. The molecule has 0 spiro atoms. The van der Waals surface area contributed by atoms with Gasteiger partial charge in [0.2, 0.25) is 0 Å². The van der Waals surface area contributed by atoms with E-state index in [0.29, 0.717) is 16.7 Å². The van der Waals surface area contributed by atoms with Crippen LogP contribution in [0.1, 0.15) is 59.8 Å². The first-order valence-electron chi connectivity index (χ1n) is 7.01. The fourth-order valence-corrected chi connectivity index (χ4v) is 5.50. The van der Waals surface area contributed by atoms with Crippen molar-refractivity contribution in [2.45, 2.75) is 65.4 Å². The molecule has 0 aromatic carbocycles. The highest BCUT2D eigenvalue weighted by atomic mass is 16.3. The fourth-order valence-electron chi connectivity index (χ4n) is 5.50. The average Bonchev–Trinajstić information content (AvgIpc) is 2.66. The summed E-state index contributed by atoms with van der Waals surface area (Å²) in [6.45, 7) is 9.37. The predicted molar refractivity (Wildman–Crippen MR) is 66.1 cm³/mol. The van der Waals surface area contributed by atoms with Crippen molar-refractivity contribution in [3.8, 4) is 0 Å². The van der Waals surface area contributed by atoms with Gasteiger partial charge in [-0.05, 0) is 61.2 Å². The van der Waals surface area contributed by atoms with E-state index in [1.165, 1.54) is 25.7 Å². The zero-order valence-corrected chi connectivity index (χ0v) is 11.2. The van der Waals surface area contributed by atoms with Crippen LogP contribution in [-0.2, 0) is 0 Å². The maximum atomic E-state index is 10.8. The first kappa shape index (κ1) is 11.1. The Kier molecular flexibility index (Phi) is 1.98. The van der Waals surface area contributed by atoms with E-state index in [1.54, 1.807) is 0 Å². The molecule has 0 bridgehead atoms. The average molecular weight is 222 g/mol. The summed E-state index contributed by atoms with van der Waals surface area (Å²) in [6, 6.07) is 0. The third kappa shape index (κ3) is 1.21. The van der Waals surface area contributed by atoms with Crippen LogP contribution in [-0.4, -0.2) is 10.7 Å². The van der Waals surface area contributed by atoms with E-state index in [1.807, 2.05) is 0 Å². The molecule has 0 heterocycles. The van der Waals surface area contributed by atoms with Crippen LogP contribution in [0.4, 0.5) is 0 Å². The molecule has 1 nitrogen and oxygen atoms in total. The third-order valence-corrected chi connectivity index (χ3v) is 6.38. The Morgan fingerprint density at radius 3 is 2.38 bits per heavy atom. The van der Waals surface area contributed by atoms with Crippen LogP contribution in [0.5, 0.6) is 0 Å². The van der Waals surface area contributed by atoms with Crippen LogP contribution >= 0.6 is 0 Å². The van der Waals surface area contributed by atoms with E-state index in [9.17, 15) is 5.11 Å². The Morgan fingerprint density at radius 2 is 1.69 bits per heavy atom. The van der Waals surface area contributed by atoms with Crippen molar-refractivity contribution in [1.82, 2.24) is 0 Å². The van der Waals surface area contributed by atoms with Crippen molar-refractivity contribution in [2.24, 2.45) is 28.6 Å². The van der Waals surface area contributed by atoms with Crippen LogP contribution in [0, 0.1) is 28.6 Å². The van der Waals surface area contributed by atoms with Gasteiger partial charge in [0.1, 0.15) is 0 Å². The standard InChI is InChI=1S/C15H26O/c1-13(2)10-6-9-14(3)7-5-8-15(4,16)12(14)11(10)13/h10-12,16H,5-9H2,1-4H3/t10-,11-,12-,14+,15-/m0/s1. The molecule has 92 valence electrons. The van der Waals surface area contributed by atoms with Gasteiger partial charge in [0.25, 0.3) is 0 Å². The van der Waals surface area contributed by atoms with E-state index >= 15 is 0 Å². The Hall–Kier alpha value is -0.0400. The summed E-state index contributed by atoms with van der Waals surface area (Å²) in [7, 11) is 0. The zero-order valence-electron chi connectivity index (χ0n) is 11.2. The van der Waals surface area contributed by atoms with Crippen molar-refractivity contribution in [3.05, 3.63) is 0 Å². The Labute approximate surface area is 99.6 Å². The van der Waals surface area contributed by atoms with Gasteiger partial charge in [-0.1, -0.05) is 27.2 Å². The van der Waals surface area contributed by atoms with E-state index < -0.39 is 5.60 Å². The molecule has 3 saturated carbocycles. The lowest BCUT2D eigenvalue weighted by molar-refractivity contribution is -0.122. The monoisotopic (exact) mass is 222 g/mol. The summed E-state index contributed by atoms with van der Waals surface area (Å²) in [4.78, 5) is 0. The van der Waals surface area contributed by atoms with Crippen LogP contribution in [0.15, 0.2) is 0 Å². The zero-order chi connectivity index (χ0) is 11.8. The number of rotatable bonds is 0. The first-order chi connectivity index (χ1) is 7.29. The van der Waals surface area contributed by atoms with E-state index in [-0.39, 0.29) is 0 Å². The molecule has 0 radical (unpaired) electrons. The molecule has 1 heteroatoms. The lowest BCUT2D eigenvalue weighted by atomic mass is 9.55. The fraction of sp³-hybridized carbons (Fsp3) is 1.00. The van der Waals surface area contributed by atoms with Gasteiger partial charge in [-0.2, -0.15) is 0 Å². The van der Waals surface area contributed by atoms with Gasteiger partial charge in [0.15, 0.2) is 0 Å². The van der Waals surface area contributed by atoms with Crippen molar-refractivity contribution < 1.29 is 5.11 Å². The van der Waals surface area contributed by atoms with Crippen LogP contribution in [0.3, 0.4) is 0 Å². The second-order valence-electron chi connectivity index (χ2n) is 7.83. The van der Waals surface area contributed by atoms with E-state index in [0.717, 1.165) is 18.3 Å². The molecule has 5 atom stereocenters. The molecule has 0 aliphatic heterocycles. The highest BCUT2D eigenvalue weighted by Gasteiger charge is 2.69. The van der Waals surface area contributed by atoms with E-state index in [4.69, 9.17) is 0 Å². The SMILES string of the molecule is CC1(C)[C@H]2[C@@H]1CC[C@@]1(C)CCC[C@](C)(O)[C@@H]21. The summed E-state index contributed by atoms with van der Waals surface area (Å²) in [6.07, 6.45) is 6.33. The third-order valence-electron chi connectivity index (χ3n) is 6.38. The number of fused-ring (bicyclic) bond motifs is 3. The lowest BCUT2D eigenvalue weighted by Gasteiger charge is -2.52. The number of hydrogen-bond donors (Lipinski definition) is 1. The molecular weight excluding hydrogens is 196 g/mol. The Balaban J connectivity index is 1.98. The van der Waals surface area contributed by atoms with Gasteiger partial charge < -0.3 is 5.11 Å². The van der Waals surface area contributed by atoms with Crippen molar-refractivity contribution in [3.63, 3.8) is 0 Å². The largest absolute Gasteiger partial charge is 0.390 e. The minimum Gasteiger partial charge on any atom is -0.390 e. The molecule has 3 fully saturated rings. The summed E-state index contributed by atoms with van der Waals surface area (Å²) >= 11 is 0. The molecule has 16 heavy (non-hydrogen) atoms. The molecule has 0 amide bonds. The van der Waals surface area contributed by atoms with Gasteiger partial charge in [0, 0.05) is 0 Å². The van der Waals surface area contributed by atoms with Crippen molar-refractivity contribution >= 4 is 0 Å². The number of hydrogen-bond acceptors (Lipinski definition) is 1. The highest BCUT2D eigenvalue weighted by molar-refractivity contribution is 5.18. The molecule has 0 aromatic heterocycles. The van der Waals surface area contributed by atoms with Gasteiger partial charge in [-0.3, -0.25) is 0 Å². The smallest absolute Gasteiger partial charge is 0.0656 e.